The van der Waals surface area contributed by atoms with Gasteiger partial charge in [-0.2, -0.15) is 5.10 Å². The second kappa shape index (κ2) is 5.91. The lowest BCUT2D eigenvalue weighted by Gasteiger charge is -2.35. The number of nitrogens with one attached hydrogen (secondary N) is 1. The lowest BCUT2D eigenvalue weighted by Crippen LogP contribution is -2.39. The molecule has 1 atom stereocenters. The quantitative estimate of drug-likeness (QED) is 0.777. The second-order valence-electron chi connectivity index (χ2n) is 6.59. The fourth-order valence-electron chi connectivity index (χ4n) is 3.59. The molecule has 1 fully saturated rings. The average Bonchev–Trinajstić information content (AvgIpc) is 3.17. The summed E-state index contributed by atoms with van der Waals surface area (Å²) in [5.74, 6) is -0.460. The molecule has 4 rings (SSSR count). The number of aromatic nitrogens is 3. The van der Waals surface area contributed by atoms with Gasteiger partial charge in [-0.25, -0.2) is 4.79 Å². The monoisotopic (exact) mass is 340 g/mol. The molecule has 1 N–H and O–H groups in total. The molecule has 3 aromatic rings. The Balaban J connectivity index is 1.72. The number of hydrogen-bond acceptors (Lipinski definition) is 4. The topological polar surface area (TPSA) is 84.1 Å². The number of hydrogen-bond donors (Lipinski definition) is 1. The molecule has 0 saturated carbocycles. The van der Waals surface area contributed by atoms with Gasteiger partial charge in [-0.1, -0.05) is 0 Å². The molecule has 0 bridgehead atoms. The summed E-state index contributed by atoms with van der Waals surface area (Å²) in [5, 5.41) is 7.15. The molecule has 2 aromatic heterocycles. The number of benzene rings is 1. The van der Waals surface area contributed by atoms with Crippen molar-refractivity contribution in [1.29, 1.82) is 0 Å². The molecule has 1 aromatic carbocycles. The van der Waals surface area contributed by atoms with E-state index in [-0.39, 0.29) is 11.9 Å². The van der Waals surface area contributed by atoms with Crippen LogP contribution >= 0.6 is 0 Å². The van der Waals surface area contributed by atoms with Crippen LogP contribution in [0.15, 0.2) is 33.6 Å². The van der Waals surface area contributed by atoms with E-state index in [1.807, 2.05) is 11.8 Å². The molecule has 130 valence electrons. The van der Waals surface area contributed by atoms with Gasteiger partial charge < -0.3 is 9.32 Å². The predicted octanol–water partition coefficient (Wildman–Crippen LogP) is 2.53. The zero-order valence-corrected chi connectivity index (χ0v) is 14.3. The second-order valence-corrected chi connectivity index (χ2v) is 6.59. The zero-order valence-electron chi connectivity index (χ0n) is 14.3. The van der Waals surface area contributed by atoms with Gasteiger partial charge in [0, 0.05) is 19.2 Å². The van der Waals surface area contributed by atoms with Crippen LogP contribution in [0.2, 0.25) is 0 Å². The molecule has 1 amide bonds. The van der Waals surface area contributed by atoms with Gasteiger partial charge in [-0.3, -0.25) is 14.5 Å². The van der Waals surface area contributed by atoms with Crippen LogP contribution in [0.4, 0.5) is 0 Å². The minimum absolute atomic E-state index is 0.00705. The van der Waals surface area contributed by atoms with Gasteiger partial charge in [0.25, 0.3) is 5.91 Å². The van der Waals surface area contributed by atoms with E-state index in [0.29, 0.717) is 23.2 Å². The number of carbonyl (C=O) groups is 1. The van der Waals surface area contributed by atoms with E-state index in [2.05, 4.69) is 10.2 Å². The maximum absolute atomic E-state index is 13.2. The van der Waals surface area contributed by atoms with Gasteiger partial charge >= 0.3 is 5.76 Å². The van der Waals surface area contributed by atoms with Crippen molar-refractivity contribution in [3.63, 3.8) is 0 Å². The Labute approximate surface area is 144 Å². The molecule has 0 unspecified atom stereocenters. The third-order valence-electron chi connectivity index (χ3n) is 5.00. The van der Waals surface area contributed by atoms with Crippen molar-refractivity contribution in [2.75, 3.05) is 6.54 Å². The van der Waals surface area contributed by atoms with Gasteiger partial charge in [0.05, 0.1) is 23.4 Å². The number of oxazole rings is 1. The van der Waals surface area contributed by atoms with Crippen LogP contribution in [0, 0.1) is 6.92 Å². The maximum atomic E-state index is 13.2. The van der Waals surface area contributed by atoms with Crippen LogP contribution in [0.5, 0.6) is 0 Å². The van der Waals surface area contributed by atoms with Gasteiger partial charge in [0.2, 0.25) is 0 Å². The number of nitrogens with zero attached hydrogens (tertiary/aromatic N) is 3. The third-order valence-corrected chi connectivity index (χ3v) is 5.00. The lowest BCUT2D eigenvalue weighted by atomic mass is 9.96. The molecule has 7 nitrogen and oxygen atoms in total. The summed E-state index contributed by atoms with van der Waals surface area (Å²) in [5.41, 5.74) is 3.75. The van der Waals surface area contributed by atoms with Gasteiger partial charge in [0.15, 0.2) is 5.58 Å². The number of fused-ring (bicyclic) bond motifs is 1. The summed E-state index contributed by atoms with van der Waals surface area (Å²) in [4.78, 5) is 26.7. The molecular weight excluding hydrogens is 320 g/mol. The van der Waals surface area contributed by atoms with Crippen LogP contribution in [0.25, 0.3) is 11.1 Å². The Kier molecular flexibility index (Phi) is 3.71. The van der Waals surface area contributed by atoms with E-state index < -0.39 is 5.76 Å². The summed E-state index contributed by atoms with van der Waals surface area (Å²) >= 11 is 0. The SMILES string of the molecule is Cc1cn[nH]c1[C@H]1CCCCN1C(=O)c1ccc2oc(=O)n(C)c2c1. The van der Waals surface area contributed by atoms with Crippen molar-refractivity contribution >= 4 is 17.0 Å². The molecule has 0 aliphatic carbocycles. The molecule has 3 heterocycles. The zero-order chi connectivity index (χ0) is 17.6. The fourth-order valence-corrected chi connectivity index (χ4v) is 3.59. The van der Waals surface area contributed by atoms with E-state index in [0.717, 1.165) is 30.5 Å². The number of piperidine rings is 1. The Morgan fingerprint density at radius 1 is 1.36 bits per heavy atom. The van der Waals surface area contributed by atoms with Crippen LogP contribution in [0.1, 0.15) is 46.9 Å². The molecule has 25 heavy (non-hydrogen) atoms. The Morgan fingerprint density at radius 3 is 2.96 bits per heavy atom. The number of aromatic amines is 1. The number of H-pyrrole nitrogens is 1. The summed E-state index contributed by atoms with van der Waals surface area (Å²) in [6.07, 6.45) is 4.78. The van der Waals surface area contributed by atoms with Crippen molar-refractivity contribution in [3.8, 4) is 0 Å². The molecule has 0 spiro atoms. The molecule has 0 radical (unpaired) electrons. The van der Waals surface area contributed by atoms with Crippen LogP contribution in [-0.4, -0.2) is 32.1 Å². The number of aryl methyl sites for hydroxylation is 2. The molecule has 7 heteroatoms. The number of amides is 1. The first kappa shape index (κ1) is 15.7. The standard InChI is InChI=1S/C18H20N4O3/c1-11-10-19-20-16(11)13-5-3-4-8-22(13)17(23)12-6-7-15-14(9-12)21(2)18(24)25-15/h6-7,9-10,13H,3-5,8H2,1-2H3,(H,19,20)/t13-/m1/s1. The highest BCUT2D eigenvalue weighted by Gasteiger charge is 2.30. The summed E-state index contributed by atoms with van der Waals surface area (Å²) in [7, 11) is 1.64. The Morgan fingerprint density at radius 2 is 2.20 bits per heavy atom. The highest BCUT2D eigenvalue weighted by molar-refractivity contribution is 5.97. The minimum Gasteiger partial charge on any atom is -0.408 e. The van der Waals surface area contributed by atoms with E-state index in [9.17, 15) is 9.59 Å². The van der Waals surface area contributed by atoms with Crippen LogP contribution < -0.4 is 5.76 Å². The van der Waals surface area contributed by atoms with Gasteiger partial charge in [0.1, 0.15) is 0 Å². The van der Waals surface area contributed by atoms with Gasteiger partial charge in [-0.15, -0.1) is 0 Å². The van der Waals surface area contributed by atoms with Crippen molar-refractivity contribution in [2.45, 2.75) is 32.2 Å². The van der Waals surface area contributed by atoms with Crippen molar-refractivity contribution in [1.82, 2.24) is 19.7 Å². The minimum atomic E-state index is -0.427. The first-order chi connectivity index (χ1) is 12.1. The average molecular weight is 340 g/mol. The van der Waals surface area contributed by atoms with Crippen molar-refractivity contribution < 1.29 is 9.21 Å². The highest BCUT2D eigenvalue weighted by Crippen LogP contribution is 2.32. The first-order valence-electron chi connectivity index (χ1n) is 8.46. The lowest BCUT2D eigenvalue weighted by molar-refractivity contribution is 0.0605. The van der Waals surface area contributed by atoms with E-state index in [1.165, 1.54) is 4.57 Å². The molecule has 1 aliphatic heterocycles. The number of carbonyl (C=O) groups excluding carboxylic acids is 1. The number of likely N-dealkylation sites (tertiary alicyclic amines) is 1. The summed E-state index contributed by atoms with van der Waals surface area (Å²) in [6, 6.07) is 5.14. The van der Waals surface area contributed by atoms with E-state index >= 15 is 0 Å². The molecule has 1 aliphatic rings. The molecule has 1 saturated heterocycles. The number of rotatable bonds is 2. The van der Waals surface area contributed by atoms with Crippen molar-refractivity contribution in [3.05, 3.63) is 51.8 Å². The van der Waals surface area contributed by atoms with E-state index in [4.69, 9.17) is 4.42 Å². The van der Waals surface area contributed by atoms with Gasteiger partial charge in [-0.05, 0) is 49.9 Å². The van der Waals surface area contributed by atoms with Crippen LogP contribution in [-0.2, 0) is 7.05 Å². The van der Waals surface area contributed by atoms with Crippen LogP contribution in [0.3, 0.4) is 0 Å². The van der Waals surface area contributed by atoms with Crippen molar-refractivity contribution in [2.24, 2.45) is 7.05 Å². The fraction of sp³-hybridized carbons (Fsp3) is 0.389. The smallest absolute Gasteiger partial charge is 0.408 e. The molecular formula is C18H20N4O3. The first-order valence-corrected chi connectivity index (χ1v) is 8.46. The summed E-state index contributed by atoms with van der Waals surface area (Å²) in [6.45, 7) is 2.72. The largest absolute Gasteiger partial charge is 0.419 e. The van der Waals surface area contributed by atoms with E-state index in [1.54, 1.807) is 31.4 Å². The maximum Gasteiger partial charge on any atom is 0.419 e. The predicted molar refractivity (Wildman–Crippen MR) is 92.4 cm³/mol. The highest BCUT2D eigenvalue weighted by atomic mass is 16.4. The Hall–Kier alpha value is -2.83. The normalized spacial score (nSPS) is 18.0. The Bertz CT molecular complexity index is 997. The summed E-state index contributed by atoms with van der Waals surface area (Å²) < 4.78 is 6.56. The third kappa shape index (κ3) is 2.56.